The van der Waals surface area contributed by atoms with E-state index in [1.165, 1.54) is 12.1 Å². The molecule has 0 heterocycles. The van der Waals surface area contributed by atoms with E-state index in [-0.39, 0.29) is 10.6 Å². The highest BCUT2D eigenvalue weighted by Crippen LogP contribution is 2.32. The van der Waals surface area contributed by atoms with Crippen molar-refractivity contribution in [2.45, 2.75) is 0 Å². The fourth-order valence-corrected chi connectivity index (χ4v) is 2.07. The number of halogens is 3. The van der Waals surface area contributed by atoms with Crippen molar-refractivity contribution in [3.63, 3.8) is 0 Å². The first-order valence-electron chi connectivity index (χ1n) is 5.50. The molecule has 6 heteroatoms. The van der Waals surface area contributed by atoms with Gasteiger partial charge in [-0.05, 0) is 30.3 Å². The Hall–Kier alpha value is -1.55. The third-order valence-corrected chi connectivity index (χ3v) is 3.84. The average Bonchev–Trinajstić information content (AvgIpc) is 2.44. The van der Waals surface area contributed by atoms with Crippen LogP contribution in [0.3, 0.4) is 0 Å². The van der Waals surface area contributed by atoms with Gasteiger partial charge in [-0.15, -0.1) is 0 Å². The second kappa shape index (κ2) is 6.27. The number of benzene rings is 2. The molecule has 0 atom stereocenters. The van der Waals surface area contributed by atoms with Crippen molar-refractivity contribution < 1.29 is 9.90 Å². The molecule has 0 aliphatic rings. The molecule has 1 N–H and O–H groups in total. The Morgan fingerprint density at radius 1 is 1.00 bits per heavy atom. The predicted octanol–water partition coefficient (Wildman–Crippen LogP) is 5.10. The second-order valence-electron chi connectivity index (χ2n) is 3.87. The van der Waals surface area contributed by atoms with E-state index < -0.39 is 5.97 Å². The molecule has 0 aliphatic carbocycles. The summed E-state index contributed by atoms with van der Waals surface area (Å²) in [6.07, 6.45) is 1.54. The van der Waals surface area contributed by atoms with Crippen molar-refractivity contribution in [2.75, 3.05) is 0 Å². The minimum Gasteiger partial charge on any atom is -0.478 e. The van der Waals surface area contributed by atoms with Crippen LogP contribution >= 0.6 is 34.8 Å². The molecule has 102 valence electrons. The molecule has 0 aliphatic heterocycles. The Kier molecular flexibility index (Phi) is 4.65. The zero-order valence-electron chi connectivity index (χ0n) is 9.98. The van der Waals surface area contributed by atoms with Gasteiger partial charge in [-0.3, -0.25) is 4.99 Å². The minimum absolute atomic E-state index is 0.205. The zero-order chi connectivity index (χ0) is 14.7. The second-order valence-corrected chi connectivity index (χ2v) is 5.04. The van der Waals surface area contributed by atoms with Crippen LogP contribution in [-0.2, 0) is 0 Å². The van der Waals surface area contributed by atoms with Crippen molar-refractivity contribution in [3.05, 3.63) is 62.6 Å². The van der Waals surface area contributed by atoms with Gasteiger partial charge >= 0.3 is 5.97 Å². The lowest BCUT2D eigenvalue weighted by Gasteiger charge is -2.02. The molecule has 0 aromatic heterocycles. The van der Waals surface area contributed by atoms with Crippen LogP contribution in [0.15, 0.2) is 41.4 Å². The summed E-state index contributed by atoms with van der Waals surface area (Å²) in [6, 6.07) is 9.49. The molecule has 0 unspecified atom stereocenters. The molecular weight excluding hydrogens is 321 g/mol. The van der Waals surface area contributed by atoms with Gasteiger partial charge < -0.3 is 5.11 Å². The van der Waals surface area contributed by atoms with E-state index >= 15 is 0 Å². The Morgan fingerprint density at radius 3 is 2.25 bits per heavy atom. The van der Waals surface area contributed by atoms with Gasteiger partial charge in [0.25, 0.3) is 0 Å². The van der Waals surface area contributed by atoms with Crippen LogP contribution in [0, 0.1) is 0 Å². The lowest BCUT2D eigenvalue weighted by Crippen LogP contribution is -1.94. The van der Waals surface area contributed by atoms with Gasteiger partial charge in [0.1, 0.15) is 0 Å². The maximum atomic E-state index is 10.7. The lowest BCUT2D eigenvalue weighted by molar-refractivity contribution is 0.0697. The number of aliphatic imine (C=N–C) groups is 1. The summed E-state index contributed by atoms with van der Waals surface area (Å²) in [7, 11) is 0. The molecule has 0 bridgehead atoms. The number of carbonyl (C=O) groups is 1. The van der Waals surface area contributed by atoms with Crippen LogP contribution < -0.4 is 0 Å². The summed E-state index contributed by atoms with van der Waals surface area (Å²) in [6.45, 7) is 0. The van der Waals surface area contributed by atoms with Gasteiger partial charge in [-0.2, -0.15) is 0 Å². The van der Waals surface area contributed by atoms with Crippen molar-refractivity contribution in [3.8, 4) is 0 Å². The zero-order valence-corrected chi connectivity index (χ0v) is 12.2. The van der Waals surface area contributed by atoms with E-state index in [1.54, 1.807) is 30.5 Å². The minimum atomic E-state index is -0.979. The van der Waals surface area contributed by atoms with Crippen LogP contribution in [0.4, 0.5) is 5.69 Å². The third-order valence-electron chi connectivity index (χ3n) is 2.53. The smallest absolute Gasteiger partial charge is 0.335 e. The molecule has 0 saturated heterocycles. The number of carboxylic acids is 1. The molecule has 0 saturated carbocycles. The largest absolute Gasteiger partial charge is 0.478 e. The van der Waals surface area contributed by atoms with Gasteiger partial charge in [-0.1, -0.05) is 40.9 Å². The maximum absolute atomic E-state index is 10.7. The standard InChI is InChI=1S/C14H8Cl3NO2/c15-11-6-3-9(12(16)13(11)17)7-18-10-4-1-8(2-5-10)14(19)20/h1-7H,(H,19,20). The maximum Gasteiger partial charge on any atom is 0.335 e. The SMILES string of the molecule is O=C(O)c1ccc(N=Cc2ccc(Cl)c(Cl)c2Cl)cc1. The van der Waals surface area contributed by atoms with Gasteiger partial charge in [0.15, 0.2) is 0 Å². The molecule has 0 spiro atoms. The van der Waals surface area contributed by atoms with Gasteiger partial charge in [0.2, 0.25) is 0 Å². The Balaban J connectivity index is 2.25. The average molecular weight is 329 g/mol. The van der Waals surface area contributed by atoms with Crippen LogP contribution in [0.5, 0.6) is 0 Å². The fraction of sp³-hybridized carbons (Fsp3) is 0. The molecule has 0 fully saturated rings. The lowest BCUT2D eigenvalue weighted by atomic mass is 10.2. The highest BCUT2D eigenvalue weighted by Gasteiger charge is 2.07. The summed E-state index contributed by atoms with van der Waals surface area (Å²) < 4.78 is 0. The topological polar surface area (TPSA) is 49.7 Å². The number of hydrogen-bond donors (Lipinski definition) is 1. The summed E-state index contributed by atoms with van der Waals surface area (Å²) in [5.41, 5.74) is 1.44. The number of hydrogen-bond acceptors (Lipinski definition) is 2. The van der Waals surface area contributed by atoms with E-state index in [2.05, 4.69) is 4.99 Å². The third kappa shape index (κ3) is 3.31. The number of rotatable bonds is 3. The molecule has 2 aromatic carbocycles. The van der Waals surface area contributed by atoms with E-state index in [0.29, 0.717) is 21.3 Å². The molecular formula is C14H8Cl3NO2. The van der Waals surface area contributed by atoms with Crippen LogP contribution in [0.25, 0.3) is 0 Å². The first-order valence-corrected chi connectivity index (χ1v) is 6.63. The molecule has 2 aromatic rings. The predicted molar refractivity (Wildman–Crippen MR) is 82.1 cm³/mol. The fourth-order valence-electron chi connectivity index (χ4n) is 1.47. The quantitative estimate of drug-likeness (QED) is 0.630. The van der Waals surface area contributed by atoms with Crippen molar-refractivity contribution in [1.29, 1.82) is 0 Å². The Labute approximate surface area is 130 Å². The summed E-state index contributed by atoms with van der Waals surface area (Å²) in [4.78, 5) is 14.9. The van der Waals surface area contributed by atoms with Crippen LogP contribution in [0.2, 0.25) is 15.1 Å². The number of aromatic carboxylic acids is 1. The molecule has 0 radical (unpaired) electrons. The van der Waals surface area contributed by atoms with E-state index in [9.17, 15) is 4.79 Å². The molecule has 3 nitrogen and oxygen atoms in total. The normalized spacial score (nSPS) is 10.9. The molecule has 20 heavy (non-hydrogen) atoms. The summed E-state index contributed by atoms with van der Waals surface area (Å²) in [5, 5.41) is 9.77. The summed E-state index contributed by atoms with van der Waals surface area (Å²) >= 11 is 17.8. The van der Waals surface area contributed by atoms with E-state index in [1.807, 2.05) is 0 Å². The van der Waals surface area contributed by atoms with Gasteiger partial charge in [0.05, 0.1) is 26.3 Å². The highest BCUT2D eigenvalue weighted by atomic mass is 35.5. The monoisotopic (exact) mass is 327 g/mol. The first kappa shape index (κ1) is 14.9. The van der Waals surface area contributed by atoms with Gasteiger partial charge in [0, 0.05) is 11.8 Å². The van der Waals surface area contributed by atoms with E-state index in [4.69, 9.17) is 39.9 Å². The van der Waals surface area contributed by atoms with Crippen molar-refractivity contribution in [2.24, 2.45) is 4.99 Å². The summed E-state index contributed by atoms with van der Waals surface area (Å²) in [5.74, 6) is -0.979. The Bertz CT molecular complexity index is 682. The van der Waals surface area contributed by atoms with Crippen molar-refractivity contribution >= 4 is 52.7 Å². The molecule has 2 rings (SSSR count). The van der Waals surface area contributed by atoms with Crippen LogP contribution in [-0.4, -0.2) is 17.3 Å². The number of nitrogens with zero attached hydrogens (tertiary/aromatic N) is 1. The van der Waals surface area contributed by atoms with Crippen LogP contribution in [0.1, 0.15) is 15.9 Å². The van der Waals surface area contributed by atoms with Crippen molar-refractivity contribution in [1.82, 2.24) is 0 Å². The molecule has 0 amide bonds. The van der Waals surface area contributed by atoms with Gasteiger partial charge in [-0.25, -0.2) is 4.79 Å². The van der Waals surface area contributed by atoms with E-state index in [0.717, 1.165) is 0 Å². The first-order chi connectivity index (χ1) is 9.49. The Morgan fingerprint density at radius 2 is 1.65 bits per heavy atom. The highest BCUT2D eigenvalue weighted by molar-refractivity contribution is 6.48. The number of carboxylic acid groups (broad SMARTS) is 1.